The lowest BCUT2D eigenvalue weighted by molar-refractivity contribution is -0.151. The smallest absolute Gasteiger partial charge is 0.322 e. The second-order valence-electron chi connectivity index (χ2n) is 11.1. The van der Waals surface area contributed by atoms with Crippen LogP contribution in [0.3, 0.4) is 0 Å². The maximum absolute atomic E-state index is 14.8. The van der Waals surface area contributed by atoms with Gasteiger partial charge < -0.3 is 9.47 Å². The van der Waals surface area contributed by atoms with Crippen LogP contribution < -0.4 is 0 Å². The Bertz CT molecular complexity index is 1430. The van der Waals surface area contributed by atoms with Crippen LogP contribution >= 0.6 is 0 Å². The quantitative estimate of drug-likeness (QED) is 0.259. The van der Waals surface area contributed by atoms with Crippen molar-refractivity contribution in [3.05, 3.63) is 142 Å². The summed E-state index contributed by atoms with van der Waals surface area (Å²) in [6.07, 6.45) is 1.47. The Hall–Kier alpha value is -4.18. The van der Waals surface area contributed by atoms with E-state index in [4.69, 9.17) is 9.47 Å². The SMILES string of the molecule is CCCOC(=O)C12c3ccccc3C(c3ccccc31)C1(C(=O)OCCC)c3ccccc3C2c2ccccc21. The molecule has 0 unspecified atom stereocenters. The molecule has 0 saturated carbocycles. The van der Waals surface area contributed by atoms with E-state index in [1.807, 2.05) is 62.4 Å². The second-order valence-corrected chi connectivity index (χ2v) is 11.1. The Labute approximate surface area is 235 Å². The van der Waals surface area contributed by atoms with Crippen LogP contribution in [0.4, 0.5) is 0 Å². The summed E-state index contributed by atoms with van der Waals surface area (Å²) in [5.74, 6) is -1.27. The molecule has 4 nitrogen and oxygen atoms in total. The fourth-order valence-electron chi connectivity index (χ4n) is 7.90. The Morgan fingerprint density at radius 1 is 0.525 bits per heavy atom. The summed E-state index contributed by atoms with van der Waals surface area (Å²) in [5, 5.41) is 0. The van der Waals surface area contributed by atoms with Gasteiger partial charge in [-0.1, -0.05) is 111 Å². The minimum atomic E-state index is -1.12. The first-order valence-electron chi connectivity index (χ1n) is 14.3. The lowest BCUT2D eigenvalue weighted by atomic mass is 9.42. The first-order valence-corrected chi connectivity index (χ1v) is 14.3. The van der Waals surface area contributed by atoms with Gasteiger partial charge in [0.1, 0.15) is 10.8 Å². The van der Waals surface area contributed by atoms with E-state index < -0.39 is 10.8 Å². The molecule has 0 aliphatic heterocycles. The molecule has 10 rings (SSSR count). The normalized spacial score (nSPS) is 24.6. The molecular formula is C36H32O4. The van der Waals surface area contributed by atoms with Crippen molar-refractivity contribution in [2.75, 3.05) is 13.2 Å². The number of esters is 2. The molecule has 0 fully saturated rings. The van der Waals surface area contributed by atoms with Crippen LogP contribution in [0, 0.1) is 0 Å². The van der Waals surface area contributed by atoms with Crippen molar-refractivity contribution in [3.8, 4) is 0 Å². The average Bonchev–Trinajstić information content (AvgIpc) is 2.99. The van der Waals surface area contributed by atoms with E-state index in [0.717, 1.165) is 57.3 Å². The van der Waals surface area contributed by atoms with E-state index in [1.165, 1.54) is 0 Å². The van der Waals surface area contributed by atoms with Gasteiger partial charge in [0.2, 0.25) is 0 Å². The average molecular weight is 529 g/mol. The highest BCUT2D eigenvalue weighted by atomic mass is 16.5. The van der Waals surface area contributed by atoms with Crippen LogP contribution in [0.1, 0.15) is 83.0 Å². The minimum absolute atomic E-state index is 0.245. The fourth-order valence-corrected chi connectivity index (χ4v) is 7.90. The van der Waals surface area contributed by atoms with E-state index in [0.29, 0.717) is 13.2 Å². The lowest BCUT2D eigenvalue weighted by Gasteiger charge is -2.58. The number of rotatable bonds is 6. The van der Waals surface area contributed by atoms with Crippen molar-refractivity contribution in [3.63, 3.8) is 0 Å². The van der Waals surface area contributed by atoms with E-state index in [2.05, 4.69) is 48.5 Å². The maximum Gasteiger partial charge on any atom is 0.322 e. The van der Waals surface area contributed by atoms with Crippen molar-refractivity contribution in [2.24, 2.45) is 0 Å². The lowest BCUT2D eigenvalue weighted by Crippen LogP contribution is -2.59. The molecule has 200 valence electrons. The number of ether oxygens (including phenoxy) is 2. The Kier molecular flexibility index (Phi) is 5.71. The summed E-state index contributed by atoms with van der Waals surface area (Å²) in [6, 6.07) is 32.7. The molecule has 0 heterocycles. The van der Waals surface area contributed by atoms with Gasteiger partial charge in [0.15, 0.2) is 0 Å². The van der Waals surface area contributed by atoms with E-state index in [1.54, 1.807) is 0 Å². The third kappa shape index (κ3) is 2.91. The van der Waals surface area contributed by atoms with Gasteiger partial charge in [0.25, 0.3) is 0 Å². The third-order valence-corrected chi connectivity index (χ3v) is 9.17. The molecule has 4 bridgehead atoms. The molecule has 6 aliphatic rings. The molecule has 6 aliphatic carbocycles. The standard InChI is InChI=1S/C36H32O4/c1-3-21-39-33(37)35-27-17-9-5-13-23(27)32(24-14-6-10-18-28(24)35)36(34(38)40-22-4-2)29-19-11-7-15-25(29)31(35)26-16-8-12-20-30(26)36/h5-20,31-32H,3-4,21-22H2,1-2H3. The molecule has 4 aromatic carbocycles. The van der Waals surface area contributed by atoms with Crippen LogP contribution in [-0.4, -0.2) is 25.2 Å². The van der Waals surface area contributed by atoms with Gasteiger partial charge in [-0.3, -0.25) is 9.59 Å². The molecule has 4 heteroatoms. The number of carbonyl (C=O) groups excluding carboxylic acids is 2. The fraction of sp³-hybridized carbons (Fsp3) is 0.278. The molecular weight excluding hydrogens is 496 g/mol. The zero-order valence-corrected chi connectivity index (χ0v) is 22.9. The summed E-state index contributed by atoms with van der Waals surface area (Å²) in [5.41, 5.74) is 5.37. The van der Waals surface area contributed by atoms with Crippen LogP contribution in [0.25, 0.3) is 0 Å². The zero-order chi connectivity index (χ0) is 27.5. The van der Waals surface area contributed by atoms with Gasteiger partial charge in [-0.15, -0.1) is 0 Å². The highest BCUT2D eigenvalue weighted by Crippen LogP contribution is 2.68. The number of carbonyl (C=O) groups is 2. The van der Waals surface area contributed by atoms with Gasteiger partial charge in [-0.2, -0.15) is 0 Å². The summed E-state index contributed by atoms with van der Waals surface area (Å²) in [7, 11) is 0. The summed E-state index contributed by atoms with van der Waals surface area (Å²) >= 11 is 0. The van der Waals surface area contributed by atoms with Crippen LogP contribution in [0.5, 0.6) is 0 Å². The predicted molar refractivity (Wildman–Crippen MR) is 154 cm³/mol. The topological polar surface area (TPSA) is 52.6 Å². The van der Waals surface area contributed by atoms with Crippen LogP contribution in [0.2, 0.25) is 0 Å². The molecule has 4 aromatic rings. The van der Waals surface area contributed by atoms with Crippen molar-refractivity contribution >= 4 is 11.9 Å². The van der Waals surface area contributed by atoms with Gasteiger partial charge in [0, 0.05) is 11.8 Å². The van der Waals surface area contributed by atoms with Gasteiger partial charge in [-0.25, -0.2) is 0 Å². The Morgan fingerprint density at radius 3 is 1.07 bits per heavy atom. The molecule has 0 radical (unpaired) electrons. The maximum atomic E-state index is 14.8. The first-order chi connectivity index (χ1) is 19.6. The Morgan fingerprint density at radius 2 is 0.800 bits per heavy atom. The molecule has 0 aromatic heterocycles. The monoisotopic (exact) mass is 528 g/mol. The molecule has 0 amide bonds. The third-order valence-electron chi connectivity index (χ3n) is 9.17. The van der Waals surface area contributed by atoms with Crippen molar-refractivity contribution < 1.29 is 19.1 Å². The predicted octanol–water partition coefficient (Wildman–Crippen LogP) is 6.77. The van der Waals surface area contributed by atoms with Crippen molar-refractivity contribution in [2.45, 2.75) is 49.4 Å². The number of hydrogen-bond acceptors (Lipinski definition) is 4. The van der Waals surface area contributed by atoms with Crippen molar-refractivity contribution in [1.29, 1.82) is 0 Å². The molecule has 0 spiro atoms. The summed E-state index contributed by atoms with van der Waals surface area (Å²) < 4.78 is 12.3. The van der Waals surface area contributed by atoms with Crippen molar-refractivity contribution in [1.82, 2.24) is 0 Å². The van der Waals surface area contributed by atoms with Gasteiger partial charge in [0.05, 0.1) is 13.2 Å². The van der Waals surface area contributed by atoms with Crippen LogP contribution in [-0.2, 0) is 29.9 Å². The summed E-state index contributed by atoms with van der Waals surface area (Å²) in [4.78, 5) is 29.5. The number of benzene rings is 4. The van der Waals surface area contributed by atoms with Crippen LogP contribution in [0.15, 0.2) is 97.1 Å². The molecule has 40 heavy (non-hydrogen) atoms. The zero-order valence-electron chi connectivity index (χ0n) is 22.9. The second kappa shape index (κ2) is 9.19. The first kappa shape index (κ1) is 24.8. The minimum Gasteiger partial charge on any atom is -0.465 e. The van der Waals surface area contributed by atoms with E-state index in [9.17, 15) is 9.59 Å². The number of hydrogen-bond donors (Lipinski definition) is 0. The molecule has 0 atom stereocenters. The summed E-state index contributed by atoms with van der Waals surface area (Å²) in [6.45, 7) is 4.72. The highest BCUT2D eigenvalue weighted by Gasteiger charge is 2.68. The Balaban J connectivity index is 1.72. The highest BCUT2D eigenvalue weighted by molar-refractivity contribution is 6.00. The molecule has 0 saturated heterocycles. The largest absolute Gasteiger partial charge is 0.465 e. The van der Waals surface area contributed by atoms with Gasteiger partial charge >= 0.3 is 11.9 Å². The van der Waals surface area contributed by atoms with E-state index in [-0.39, 0.29) is 23.8 Å². The van der Waals surface area contributed by atoms with E-state index >= 15 is 0 Å². The molecule has 0 N–H and O–H groups in total. The van der Waals surface area contributed by atoms with Gasteiger partial charge in [-0.05, 0) is 57.3 Å².